The van der Waals surface area contributed by atoms with Crippen LogP contribution in [0.4, 0.5) is 10.1 Å². The third-order valence-corrected chi connectivity index (χ3v) is 7.36. The van der Waals surface area contributed by atoms with E-state index in [1.807, 2.05) is 31.2 Å². The van der Waals surface area contributed by atoms with Crippen LogP contribution in [0.25, 0.3) is 0 Å². The average molecular weight is 517 g/mol. The van der Waals surface area contributed by atoms with Gasteiger partial charge < -0.3 is 10.1 Å². The highest BCUT2D eigenvalue weighted by Gasteiger charge is 2.39. The number of rotatable bonds is 6. The fraction of sp³-hybridized carbons (Fsp3) is 0.214. The van der Waals surface area contributed by atoms with Crippen molar-refractivity contribution in [3.63, 3.8) is 0 Å². The molecule has 7 nitrogen and oxygen atoms in total. The summed E-state index contributed by atoms with van der Waals surface area (Å²) in [4.78, 5) is 29.7. The summed E-state index contributed by atoms with van der Waals surface area (Å²) in [7, 11) is 1.57. The number of amidine groups is 1. The fourth-order valence-corrected chi connectivity index (χ4v) is 5.27. The minimum atomic E-state index is -0.642. The van der Waals surface area contributed by atoms with E-state index < -0.39 is 5.25 Å². The molecule has 3 aromatic carbocycles. The summed E-state index contributed by atoms with van der Waals surface area (Å²) >= 11 is 1.24. The number of hydrogen-bond donors (Lipinski definition) is 1. The first-order valence-electron chi connectivity index (χ1n) is 11.8. The third-order valence-electron chi connectivity index (χ3n) is 6.22. The van der Waals surface area contributed by atoms with Gasteiger partial charge in [0.1, 0.15) is 16.8 Å². The molecule has 188 valence electrons. The Kier molecular flexibility index (Phi) is 7.05. The van der Waals surface area contributed by atoms with Crippen LogP contribution < -0.4 is 10.1 Å². The Hall–Kier alpha value is -3.98. The largest absolute Gasteiger partial charge is 0.497 e. The molecule has 0 spiro atoms. The van der Waals surface area contributed by atoms with E-state index in [1.54, 1.807) is 48.5 Å². The molecular weight excluding hydrogens is 491 g/mol. The first-order valence-corrected chi connectivity index (χ1v) is 12.7. The van der Waals surface area contributed by atoms with Crippen molar-refractivity contribution in [2.75, 3.05) is 12.4 Å². The number of nitrogens with one attached hydrogen (secondary N) is 1. The van der Waals surface area contributed by atoms with Crippen LogP contribution in [-0.2, 0) is 9.59 Å². The van der Waals surface area contributed by atoms with Crippen LogP contribution >= 0.6 is 11.8 Å². The lowest BCUT2D eigenvalue weighted by atomic mass is 9.98. The molecule has 0 aliphatic carbocycles. The highest BCUT2D eigenvalue weighted by Crippen LogP contribution is 2.38. The molecule has 0 bridgehead atoms. The number of methoxy groups -OCH3 is 1. The first kappa shape index (κ1) is 24.7. The maximum atomic E-state index is 13.5. The molecule has 0 unspecified atom stereocenters. The van der Waals surface area contributed by atoms with Crippen LogP contribution in [0, 0.1) is 12.7 Å². The van der Waals surface area contributed by atoms with Crippen molar-refractivity contribution in [3.05, 3.63) is 95.3 Å². The zero-order valence-corrected chi connectivity index (χ0v) is 21.2. The zero-order valence-electron chi connectivity index (χ0n) is 20.3. The molecule has 3 aromatic rings. The Morgan fingerprint density at radius 2 is 1.78 bits per heavy atom. The van der Waals surface area contributed by atoms with Crippen LogP contribution in [0.15, 0.2) is 82.9 Å². The molecule has 9 heteroatoms. The second-order valence-corrected chi connectivity index (χ2v) is 10.0. The highest BCUT2D eigenvalue weighted by atomic mass is 32.2. The van der Waals surface area contributed by atoms with Gasteiger partial charge in [-0.1, -0.05) is 53.7 Å². The molecule has 0 radical (unpaired) electrons. The van der Waals surface area contributed by atoms with Crippen LogP contribution in [0.1, 0.15) is 35.6 Å². The maximum absolute atomic E-state index is 13.5. The molecule has 1 N–H and O–H groups in total. The van der Waals surface area contributed by atoms with Crippen LogP contribution in [0.2, 0.25) is 0 Å². The topological polar surface area (TPSA) is 83.4 Å². The lowest BCUT2D eigenvalue weighted by Crippen LogP contribution is -2.25. The van der Waals surface area contributed by atoms with Gasteiger partial charge in [0, 0.05) is 18.5 Å². The van der Waals surface area contributed by atoms with Crippen molar-refractivity contribution >= 4 is 40.1 Å². The number of aliphatic imine (C=N–C) groups is 1. The van der Waals surface area contributed by atoms with E-state index in [9.17, 15) is 14.0 Å². The van der Waals surface area contributed by atoms with E-state index >= 15 is 0 Å². The summed E-state index contributed by atoms with van der Waals surface area (Å²) in [5.74, 6) is -0.268. The van der Waals surface area contributed by atoms with Crippen molar-refractivity contribution in [2.24, 2.45) is 10.1 Å². The molecule has 0 aromatic heterocycles. The number of carbonyl (C=O) groups is 2. The van der Waals surface area contributed by atoms with Gasteiger partial charge in [0.15, 0.2) is 5.17 Å². The standard InChI is InChI=1S/C28H25FN4O3S/c1-17-3-5-19(6-4-17)24-15-23(18-7-9-20(29)10-8-18)32-33(24)28-31-27(35)25(37-28)16-26(34)30-21-11-13-22(36-2)14-12-21/h3-14,24-25H,15-16H2,1-2H3,(H,30,34)/t24-,25-/m0/s1. The highest BCUT2D eigenvalue weighted by molar-refractivity contribution is 8.15. The van der Waals surface area contributed by atoms with E-state index in [0.29, 0.717) is 23.0 Å². The van der Waals surface area contributed by atoms with Gasteiger partial charge in [0.2, 0.25) is 5.91 Å². The number of halogens is 1. The lowest BCUT2D eigenvalue weighted by molar-refractivity contribution is -0.121. The van der Waals surface area contributed by atoms with E-state index in [-0.39, 0.29) is 30.1 Å². The van der Waals surface area contributed by atoms with Gasteiger partial charge in [-0.25, -0.2) is 9.40 Å². The number of benzene rings is 3. The van der Waals surface area contributed by atoms with Gasteiger partial charge in [-0.3, -0.25) is 9.59 Å². The molecule has 0 saturated carbocycles. The van der Waals surface area contributed by atoms with Crippen molar-refractivity contribution in [2.45, 2.75) is 31.1 Å². The molecule has 2 heterocycles. The zero-order chi connectivity index (χ0) is 25.9. The van der Waals surface area contributed by atoms with Gasteiger partial charge in [-0.15, -0.1) is 0 Å². The normalized spacial score (nSPS) is 19.0. The van der Waals surface area contributed by atoms with E-state index in [2.05, 4.69) is 10.3 Å². The van der Waals surface area contributed by atoms with Crippen molar-refractivity contribution in [1.82, 2.24) is 5.01 Å². The van der Waals surface area contributed by atoms with Gasteiger partial charge in [0.05, 0.1) is 18.9 Å². The Morgan fingerprint density at radius 1 is 1.08 bits per heavy atom. The quantitative estimate of drug-likeness (QED) is 0.480. The van der Waals surface area contributed by atoms with Gasteiger partial charge in [-0.05, 0) is 54.4 Å². The van der Waals surface area contributed by atoms with E-state index in [0.717, 1.165) is 22.4 Å². The summed E-state index contributed by atoms with van der Waals surface area (Å²) in [6.07, 6.45) is 0.561. The molecule has 37 heavy (non-hydrogen) atoms. The Balaban J connectivity index is 1.33. The Bertz CT molecular complexity index is 1370. The minimum absolute atomic E-state index is 0.0138. The number of hydrogen-bond acceptors (Lipinski definition) is 6. The molecule has 5 rings (SSSR count). The van der Waals surface area contributed by atoms with E-state index in [1.165, 1.54) is 23.9 Å². The minimum Gasteiger partial charge on any atom is -0.497 e. The first-order chi connectivity index (χ1) is 17.9. The fourth-order valence-electron chi connectivity index (χ4n) is 4.21. The smallest absolute Gasteiger partial charge is 0.262 e. The molecule has 2 atom stereocenters. The van der Waals surface area contributed by atoms with Crippen LogP contribution in [-0.4, -0.2) is 40.1 Å². The van der Waals surface area contributed by atoms with Crippen molar-refractivity contribution in [3.8, 4) is 5.75 Å². The number of amides is 2. The predicted molar refractivity (Wildman–Crippen MR) is 143 cm³/mol. The second-order valence-electron chi connectivity index (χ2n) is 8.85. The van der Waals surface area contributed by atoms with Gasteiger partial charge in [0.25, 0.3) is 5.91 Å². The van der Waals surface area contributed by atoms with E-state index in [4.69, 9.17) is 9.84 Å². The maximum Gasteiger partial charge on any atom is 0.262 e. The number of nitrogens with zero attached hydrogens (tertiary/aromatic N) is 3. The number of anilines is 1. The summed E-state index contributed by atoms with van der Waals surface area (Å²) in [6, 6.07) is 21.2. The van der Waals surface area contributed by atoms with Gasteiger partial charge >= 0.3 is 0 Å². The molecule has 0 fully saturated rings. The lowest BCUT2D eigenvalue weighted by Gasteiger charge is -2.23. The van der Waals surface area contributed by atoms with Crippen LogP contribution in [0.5, 0.6) is 5.75 Å². The summed E-state index contributed by atoms with van der Waals surface area (Å²) in [5, 5.41) is 9.18. The monoisotopic (exact) mass is 516 g/mol. The number of hydrazone groups is 1. The summed E-state index contributed by atoms with van der Waals surface area (Å²) in [6.45, 7) is 2.02. The number of aryl methyl sites for hydroxylation is 1. The number of ether oxygens (including phenoxy) is 1. The average Bonchev–Trinajstić information content (AvgIpc) is 3.49. The molecule has 2 aliphatic rings. The van der Waals surface area contributed by atoms with Gasteiger partial charge in [-0.2, -0.15) is 10.1 Å². The molecule has 2 aliphatic heterocycles. The van der Waals surface area contributed by atoms with Crippen LogP contribution in [0.3, 0.4) is 0 Å². The Labute approximate surface area is 218 Å². The van der Waals surface area contributed by atoms with Crippen molar-refractivity contribution < 1.29 is 18.7 Å². The second kappa shape index (κ2) is 10.6. The molecular formula is C28H25FN4O3S. The summed E-state index contributed by atoms with van der Waals surface area (Å²) in [5.41, 5.74) is 4.38. The SMILES string of the molecule is COc1ccc(NC(=O)C[C@@H]2SC(N3N=C(c4ccc(F)cc4)C[C@H]3c3ccc(C)cc3)=NC2=O)cc1. The molecule has 0 saturated heterocycles. The third kappa shape index (κ3) is 5.56. The van der Waals surface area contributed by atoms with Crippen molar-refractivity contribution in [1.29, 1.82) is 0 Å². The molecule has 2 amide bonds. The number of thioether (sulfide) groups is 1. The number of carbonyl (C=O) groups excluding carboxylic acids is 2. The summed E-state index contributed by atoms with van der Waals surface area (Å²) < 4.78 is 18.6. The predicted octanol–water partition coefficient (Wildman–Crippen LogP) is 5.32. The Morgan fingerprint density at radius 3 is 2.46 bits per heavy atom.